The minimum Gasteiger partial charge on any atom is -0.354 e. The molecule has 18 heavy (non-hydrogen) atoms. The smallest absolute Gasteiger partial charge is 0.128 e. The molecule has 1 saturated heterocycles. The molecule has 0 aliphatic carbocycles. The highest BCUT2D eigenvalue weighted by Crippen LogP contribution is 2.19. The number of aromatic nitrogens is 1. The summed E-state index contributed by atoms with van der Waals surface area (Å²) in [6.45, 7) is 11.3. The van der Waals surface area contributed by atoms with E-state index in [1.807, 2.05) is 13.0 Å². The summed E-state index contributed by atoms with van der Waals surface area (Å²) in [5, 5.41) is 0. The zero-order valence-corrected chi connectivity index (χ0v) is 11.7. The maximum atomic E-state index is 5.84. The Balaban J connectivity index is 1.99. The van der Waals surface area contributed by atoms with Crippen LogP contribution in [-0.4, -0.2) is 48.1 Å². The van der Waals surface area contributed by atoms with E-state index in [4.69, 9.17) is 5.73 Å². The van der Waals surface area contributed by atoms with Crippen LogP contribution in [0.2, 0.25) is 0 Å². The molecule has 2 rings (SSSR count). The summed E-state index contributed by atoms with van der Waals surface area (Å²) in [4.78, 5) is 9.42. The largest absolute Gasteiger partial charge is 0.354 e. The Bertz CT molecular complexity index is 395. The van der Waals surface area contributed by atoms with Crippen molar-refractivity contribution in [2.75, 3.05) is 37.6 Å². The molecule has 0 radical (unpaired) electrons. The standard InChI is InChI=1S/C14H24N4/c1-12-5-4-6-13(16-12)17-7-9-18(10-8-17)14(2,3)11-15/h4-6H,7-11,15H2,1-3H3. The van der Waals surface area contributed by atoms with E-state index in [-0.39, 0.29) is 5.54 Å². The first-order valence-electron chi connectivity index (χ1n) is 6.67. The van der Waals surface area contributed by atoms with Gasteiger partial charge in [-0.1, -0.05) is 6.07 Å². The van der Waals surface area contributed by atoms with E-state index in [9.17, 15) is 0 Å². The number of aryl methyl sites for hydroxylation is 1. The number of hydrogen-bond donors (Lipinski definition) is 1. The van der Waals surface area contributed by atoms with Crippen LogP contribution in [0.15, 0.2) is 18.2 Å². The molecule has 1 fully saturated rings. The molecule has 0 aromatic carbocycles. The fourth-order valence-electron chi connectivity index (χ4n) is 2.37. The second kappa shape index (κ2) is 5.24. The molecule has 4 heteroatoms. The number of rotatable bonds is 3. The van der Waals surface area contributed by atoms with Crippen LogP contribution in [0.4, 0.5) is 5.82 Å². The zero-order valence-electron chi connectivity index (χ0n) is 11.7. The summed E-state index contributed by atoms with van der Waals surface area (Å²) in [6.07, 6.45) is 0. The van der Waals surface area contributed by atoms with E-state index >= 15 is 0 Å². The van der Waals surface area contributed by atoms with Crippen molar-refractivity contribution in [3.8, 4) is 0 Å². The molecule has 2 heterocycles. The minimum absolute atomic E-state index is 0.103. The third-order valence-corrected chi connectivity index (χ3v) is 3.83. The predicted octanol–water partition coefficient (Wildman–Crippen LogP) is 1.25. The van der Waals surface area contributed by atoms with Crippen LogP contribution in [-0.2, 0) is 0 Å². The molecule has 1 aliphatic heterocycles. The van der Waals surface area contributed by atoms with E-state index < -0.39 is 0 Å². The molecule has 0 amide bonds. The number of anilines is 1. The average molecular weight is 248 g/mol. The number of pyridine rings is 1. The van der Waals surface area contributed by atoms with Crippen molar-refractivity contribution in [3.05, 3.63) is 23.9 Å². The van der Waals surface area contributed by atoms with Crippen molar-refractivity contribution >= 4 is 5.82 Å². The summed E-state index contributed by atoms with van der Waals surface area (Å²) in [5.41, 5.74) is 7.02. The first kappa shape index (κ1) is 13.3. The second-order valence-corrected chi connectivity index (χ2v) is 5.63. The van der Waals surface area contributed by atoms with Crippen LogP contribution in [0.25, 0.3) is 0 Å². The molecule has 1 aromatic heterocycles. The van der Waals surface area contributed by atoms with Gasteiger partial charge in [0.15, 0.2) is 0 Å². The van der Waals surface area contributed by atoms with Crippen molar-refractivity contribution in [2.45, 2.75) is 26.3 Å². The van der Waals surface area contributed by atoms with Crippen LogP contribution >= 0.6 is 0 Å². The molecule has 1 aliphatic rings. The van der Waals surface area contributed by atoms with Crippen LogP contribution < -0.4 is 10.6 Å². The quantitative estimate of drug-likeness (QED) is 0.874. The summed E-state index contributed by atoms with van der Waals surface area (Å²) < 4.78 is 0. The van der Waals surface area contributed by atoms with Gasteiger partial charge in [0.2, 0.25) is 0 Å². The Morgan fingerprint density at radius 3 is 2.44 bits per heavy atom. The molecule has 4 nitrogen and oxygen atoms in total. The third kappa shape index (κ3) is 2.82. The van der Waals surface area contributed by atoms with Gasteiger partial charge in [0.25, 0.3) is 0 Å². The van der Waals surface area contributed by atoms with Crippen LogP contribution in [0.1, 0.15) is 19.5 Å². The van der Waals surface area contributed by atoms with Crippen molar-refractivity contribution in [3.63, 3.8) is 0 Å². The normalized spacial score (nSPS) is 18.1. The Hall–Kier alpha value is -1.13. The molecular weight excluding hydrogens is 224 g/mol. The first-order chi connectivity index (χ1) is 8.53. The maximum absolute atomic E-state index is 5.84. The molecule has 0 bridgehead atoms. The lowest BCUT2D eigenvalue weighted by atomic mass is 10.0. The lowest BCUT2D eigenvalue weighted by Crippen LogP contribution is -2.57. The minimum atomic E-state index is 0.103. The maximum Gasteiger partial charge on any atom is 0.128 e. The Morgan fingerprint density at radius 1 is 1.22 bits per heavy atom. The van der Waals surface area contributed by atoms with E-state index in [1.165, 1.54) is 0 Å². The van der Waals surface area contributed by atoms with Crippen molar-refractivity contribution in [2.24, 2.45) is 5.73 Å². The molecule has 0 atom stereocenters. The number of nitrogens with two attached hydrogens (primary N) is 1. The Kier molecular flexibility index (Phi) is 3.88. The van der Waals surface area contributed by atoms with Crippen molar-refractivity contribution in [1.82, 2.24) is 9.88 Å². The van der Waals surface area contributed by atoms with Gasteiger partial charge in [0.1, 0.15) is 5.82 Å². The van der Waals surface area contributed by atoms with Crippen LogP contribution in [0.5, 0.6) is 0 Å². The topological polar surface area (TPSA) is 45.4 Å². The second-order valence-electron chi connectivity index (χ2n) is 5.63. The highest BCUT2D eigenvalue weighted by molar-refractivity contribution is 5.39. The van der Waals surface area contributed by atoms with E-state index in [0.29, 0.717) is 6.54 Å². The van der Waals surface area contributed by atoms with Gasteiger partial charge < -0.3 is 10.6 Å². The Morgan fingerprint density at radius 2 is 1.89 bits per heavy atom. The highest BCUT2D eigenvalue weighted by atomic mass is 15.3. The zero-order chi connectivity index (χ0) is 13.2. The van der Waals surface area contributed by atoms with Gasteiger partial charge in [-0.3, -0.25) is 4.90 Å². The number of piperazine rings is 1. The van der Waals surface area contributed by atoms with E-state index in [0.717, 1.165) is 37.7 Å². The monoisotopic (exact) mass is 248 g/mol. The number of hydrogen-bond acceptors (Lipinski definition) is 4. The van der Waals surface area contributed by atoms with Crippen LogP contribution in [0, 0.1) is 6.92 Å². The lowest BCUT2D eigenvalue weighted by molar-refractivity contribution is 0.119. The van der Waals surface area contributed by atoms with Gasteiger partial charge in [-0.2, -0.15) is 0 Å². The van der Waals surface area contributed by atoms with Crippen molar-refractivity contribution in [1.29, 1.82) is 0 Å². The molecule has 0 unspecified atom stereocenters. The van der Waals surface area contributed by atoms with Gasteiger partial charge in [0.05, 0.1) is 0 Å². The van der Waals surface area contributed by atoms with Gasteiger partial charge in [-0.05, 0) is 32.9 Å². The Labute approximate surface area is 110 Å². The van der Waals surface area contributed by atoms with E-state index in [2.05, 4.69) is 40.8 Å². The predicted molar refractivity (Wildman–Crippen MR) is 75.9 cm³/mol. The summed E-state index contributed by atoms with van der Waals surface area (Å²) in [6, 6.07) is 6.21. The summed E-state index contributed by atoms with van der Waals surface area (Å²) in [7, 11) is 0. The molecule has 100 valence electrons. The lowest BCUT2D eigenvalue weighted by Gasteiger charge is -2.43. The third-order valence-electron chi connectivity index (χ3n) is 3.83. The fraction of sp³-hybridized carbons (Fsp3) is 0.643. The van der Waals surface area contributed by atoms with Gasteiger partial charge in [0, 0.05) is 44.0 Å². The molecular formula is C14H24N4. The van der Waals surface area contributed by atoms with Gasteiger partial charge >= 0.3 is 0 Å². The molecule has 2 N–H and O–H groups in total. The summed E-state index contributed by atoms with van der Waals surface area (Å²) >= 11 is 0. The molecule has 0 spiro atoms. The van der Waals surface area contributed by atoms with Gasteiger partial charge in [-0.15, -0.1) is 0 Å². The van der Waals surface area contributed by atoms with E-state index in [1.54, 1.807) is 0 Å². The molecule has 1 aromatic rings. The SMILES string of the molecule is Cc1cccc(N2CCN(C(C)(C)CN)CC2)n1. The summed E-state index contributed by atoms with van der Waals surface area (Å²) in [5.74, 6) is 1.10. The van der Waals surface area contributed by atoms with Gasteiger partial charge in [-0.25, -0.2) is 4.98 Å². The fourth-order valence-corrected chi connectivity index (χ4v) is 2.37. The van der Waals surface area contributed by atoms with Crippen molar-refractivity contribution < 1.29 is 0 Å². The highest BCUT2D eigenvalue weighted by Gasteiger charge is 2.28. The van der Waals surface area contributed by atoms with Crippen LogP contribution in [0.3, 0.4) is 0 Å². The molecule has 0 saturated carbocycles. The first-order valence-corrected chi connectivity index (χ1v) is 6.67. The average Bonchev–Trinajstić information content (AvgIpc) is 2.39. The number of nitrogens with zero attached hydrogens (tertiary/aromatic N) is 3.